The number of anilines is 1. The number of rotatable bonds is 7. The maximum absolute atomic E-state index is 12.3. The van der Waals surface area contributed by atoms with Crippen molar-refractivity contribution in [1.82, 2.24) is 19.7 Å². The molecule has 3 aromatic rings. The second kappa shape index (κ2) is 10.1. The second-order valence-corrected chi connectivity index (χ2v) is 9.04. The zero-order valence-electron chi connectivity index (χ0n) is 20.0. The van der Waals surface area contributed by atoms with Crippen LogP contribution in [-0.4, -0.2) is 25.7 Å². The van der Waals surface area contributed by atoms with Gasteiger partial charge >= 0.3 is 0 Å². The van der Waals surface area contributed by atoms with Crippen molar-refractivity contribution in [1.29, 1.82) is 0 Å². The average Bonchev–Trinajstić information content (AvgIpc) is 3.07. The molecule has 7 nitrogen and oxygen atoms in total. The third-order valence-electron chi connectivity index (χ3n) is 6.54. The number of benzene rings is 1. The predicted molar refractivity (Wildman–Crippen MR) is 129 cm³/mol. The smallest absolute Gasteiger partial charge is 0.224 e. The molecule has 1 saturated carbocycles. The minimum Gasteiger partial charge on any atom is -0.439 e. The highest BCUT2D eigenvalue weighted by Gasteiger charge is 2.15. The Morgan fingerprint density at radius 1 is 1.06 bits per heavy atom. The molecule has 4 rings (SSSR count). The van der Waals surface area contributed by atoms with Gasteiger partial charge in [-0.25, -0.2) is 9.67 Å². The van der Waals surface area contributed by atoms with Gasteiger partial charge in [-0.15, -0.1) is 0 Å². The van der Waals surface area contributed by atoms with Gasteiger partial charge < -0.3 is 10.1 Å². The lowest BCUT2D eigenvalue weighted by molar-refractivity contribution is -0.116. The summed E-state index contributed by atoms with van der Waals surface area (Å²) in [6, 6.07) is 9.16. The summed E-state index contributed by atoms with van der Waals surface area (Å²) in [4.78, 5) is 21.3. The van der Waals surface area contributed by atoms with Crippen molar-refractivity contribution in [3.05, 3.63) is 53.1 Å². The average molecular weight is 448 g/mol. The Bertz CT molecular complexity index is 1110. The van der Waals surface area contributed by atoms with Gasteiger partial charge in [-0.3, -0.25) is 4.79 Å². The molecule has 1 aromatic carbocycles. The van der Waals surface area contributed by atoms with Gasteiger partial charge in [-0.1, -0.05) is 32.1 Å². The normalized spacial score (nSPS) is 14.3. The van der Waals surface area contributed by atoms with E-state index in [0.717, 1.165) is 29.1 Å². The fourth-order valence-corrected chi connectivity index (χ4v) is 4.39. The van der Waals surface area contributed by atoms with Gasteiger partial charge in [-0.05, 0) is 69.9 Å². The summed E-state index contributed by atoms with van der Waals surface area (Å²) >= 11 is 0. The van der Waals surface area contributed by atoms with E-state index in [1.54, 1.807) is 6.07 Å². The Balaban J connectivity index is 1.38. The Morgan fingerprint density at radius 3 is 2.45 bits per heavy atom. The van der Waals surface area contributed by atoms with Crippen LogP contribution < -0.4 is 10.1 Å². The van der Waals surface area contributed by atoms with Gasteiger partial charge in [0, 0.05) is 23.9 Å². The molecule has 174 valence electrons. The van der Waals surface area contributed by atoms with Gasteiger partial charge in [0.2, 0.25) is 11.8 Å². The minimum atomic E-state index is 0.0745. The number of hydrogen-bond acceptors (Lipinski definition) is 5. The fourth-order valence-electron chi connectivity index (χ4n) is 4.39. The van der Waals surface area contributed by atoms with Gasteiger partial charge in [0.05, 0.1) is 5.69 Å². The SMILES string of the molecule is Cc1nc(Oc2ccc(NC(=O)CCC3CCCCC3)cc2)cc(-n2nc(C)c(C)c2C)n1. The van der Waals surface area contributed by atoms with Crippen LogP contribution in [0.25, 0.3) is 5.82 Å². The summed E-state index contributed by atoms with van der Waals surface area (Å²) in [7, 11) is 0. The van der Waals surface area contributed by atoms with E-state index in [1.807, 2.05) is 49.7 Å². The number of carbonyl (C=O) groups excluding carboxylic acids is 1. The highest BCUT2D eigenvalue weighted by molar-refractivity contribution is 5.90. The molecule has 0 atom stereocenters. The number of nitrogens with zero attached hydrogens (tertiary/aromatic N) is 4. The number of nitrogens with one attached hydrogen (secondary N) is 1. The van der Waals surface area contributed by atoms with Gasteiger partial charge in [0.15, 0.2) is 5.82 Å². The summed E-state index contributed by atoms with van der Waals surface area (Å²) in [6.45, 7) is 7.90. The predicted octanol–water partition coefficient (Wildman–Crippen LogP) is 5.99. The first-order valence-corrected chi connectivity index (χ1v) is 11.9. The first kappa shape index (κ1) is 23.0. The molecule has 2 heterocycles. The Hall–Kier alpha value is -3.22. The van der Waals surface area contributed by atoms with E-state index >= 15 is 0 Å². The summed E-state index contributed by atoms with van der Waals surface area (Å²) in [6.07, 6.45) is 8.06. The van der Waals surface area contributed by atoms with Gasteiger partial charge in [-0.2, -0.15) is 10.1 Å². The van der Waals surface area contributed by atoms with E-state index in [0.29, 0.717) is 35.6 Å². The van der Waals surface area contributed by atoms with E-state index in [1.165, 1.54) is 32.1 Å². The fraction of sp³-hybridized carbons (Fsp3) is 0.462. The van der Waals surface area contributed by atoms with Gasteiger partial charge in [0.25, 0.3) is 0 Å². The first-order chi connectivity index (χ1) is 15.9. The van der Waals surface area contributed by atoms with Crippen LogP contribution >= 0.6 is 0 Å². The monoisotopic (exact) mass is 447 g/mol. The summed E-state index contributed by atoms with van der Waals surface area (Å²) in [5.41, 5.74) is 3.93. The van der Waals surface area contributed by atoms with Crippen LogP contribution in [0, 0.1) is 33.6 Å². The van der Waals surface area contributed by atoms with Crippen LogP contribution in [0.15, 0.2) is 30.3 Å². The zero-order valence-corrected chi connectivity index (χ0v) is 20.0. The number of aryl methyl sites for hydroxylation is 2. The lowest BCUT2D eigenvalue weighted by Crippen LogP contribution is -2.14. The maximum Gasteiger partial charge on any atom is 0.224 e. The van der Waals surface area contributed by atoms with Crippen LogP contribution in [0.1, 0.15) is 67.7 Å². The minimum absolute atomic E-state index is 0.0745. The number of hydrogen-bond donors (Lipinski definition) is 1. The molecule has 33 heavy (non-hydrogen) atoms. The molecule has 0 bridgehead atoms. The summed E-state index contributed by atoms with van der Waals surface area (Å²) in [5.74, 6) is 3.16. The molecule has 1 amide bonds. The van der Waals surface area contributed by atoms with Crippen molar-refractivity contribution >= 4 is 11.6 Å². The molecule has 0 spiro atoms. The number of carbonyl (C=O) groups is 1. The third kappa shape index (κ3) is 5.78. The van der Waals surface area contributed by atoms with Crippen molar-refractivity contribution in [2.45, 2.75) is 72.6 Å². The molecule has 0 unspecified atom stereocenters. The summed E-state index contributed by atoms with van der Waals surface area (Å²) < 4.78 is 7.80. The van der Waals surface area contributed by atoms with E-state index in [2.05, 4.69) is 27.3 Å². The third-order valence-corrected chi connectivity index (χ3v) is 6.54. The second-order valence-electron chi connectivity index (χ2n) is 9.04. The van der Waals surface area contributed by atoms with E-state index in [9.17, 15) is 4.79 Å². The van der Waals surface area contributed by atoms with Crippen molar-refractivity contribution in [3.8, 4) is 17.4 Å². The maximum atomic E-state index is 12.3. The molecule has 1 N–H and O–H groups in total. The Kier molecular flexibility index (Phi) is 7.06. The zero-order chi connectivity index (χ0) is 23.4. The topological polar surface area (TPSA) is 81.9 Å². The quantitative estimate of drug-likeness (QED) is 0.481. The molecule has 0 saturated heterocycles. The molecule has 2 aromatic heterocycles. The molecular formula is C26H33N5O2. The van der Waals surface area contributed by atoms with Gasteiger partial charge in [0.1, 0.15) is 11.6 Å². The van der Waals surface area contributed by atoms with Crippen LogP contribution in [-0.2, 0) is 4.79 Å². The Labute approximate surface area is 195 Å². The number of aromatic nitrogens is 4. The van der Waals surface area contributed by atoms with E-state index in [-0.39, 0.29) is 5.91 Å². The van der Waals surface area contributed by atoms with Crippen molar-refractivity contribution < 1.29 is 9.53 Å². The van der Waals surface area contributed by atoms with E-state index in [4.69, 9.17) is 4.74 Å². The lowest BCUT2D eigenvalue weighted by atomic mass is 9.86. The van der Waals surface area contributed by atoms with Crippen molar-refractivity contribution in [3.63, 3.8) is 0 Å². The number of ether oxygens (including phenoxy) is 1. The lowest BCUT2D eigenvalue weighted by Gasteiger charge is -2.21. The summed E-state index contributed by atoms with van der Waals surface area (Å²) in [5, 5.41) is 7.58. The molecule has 1 aliphatic rings. The van der Waals surface area contributed by atoms with Crippen LogP contribution in [0.5, 0.6) is 11.6 Å². The van der Waals surface area contributed by atoms with Crippen LogP contribution in [0.2, 0.25) is 0 Å². The molecule has 0 aliphatic heterocycles. The van der Waals surface area contributed by atoms with E-state index < -0.39 is 0 Å². The highest BCUT2D eigenvalue weighted by atomic mass is 16.5. The van der Waals surface area contributed by atoms with Crippen molar-refractivity contribution in [2.24, 2.45) is 5.92 Å². The standard InChI is InChI=1S/C26H33N5O2/c1-17-18(2)30-31(19(17)3)24-16-26(28-20(4)27-24)33-23-13-11-22(12-14-23)29-25(32)15-10-21-8-6-5-7-9-21/h11-14,16,21H,5-10,15H2,1-4H3,(H,29,32). The number of amides is 1. The van der Waals surface area contributed by atoms with Crippen LogP contribution in [0.4, 0.5) is 5.69 Å². The van der Waals surface area contributed by atoms with Crippen LogP contribution in [0.3, 0.4) is 0 Å². The largest absolute Gasteiger partial charge is 0.439 e. The van der Waals surface area contributed by atoms with Crippen molar-refractivity contribution in [2.75, 3.05) is 5.32 Å². The molecular weight excluding hydrogens is 414 g/mol. The molecule has 1 aliphatic carbocycles. The molecule has 7 heteroatoms. The molecule has 0 radical (unpaired) electrons. The molecule has 1 fully saturated rings. The first-order valence-electron chi connectivity index (χ1n) is 11.9. The Morgan fingerprint density at radius 2 is 1.79 bits per heavy atom. The highest BCUT2D eigenvalue weighted by Crippen LogP contribution is 2.28.